The molecule has 0 saturated carbocycles. The number of amides is 1. The van der Waals surface area contributed by atoms with Gasteiger partial charge in [0, 0.05) is 5.56 Å². The molecule has 0 atom stereocenters. The molecule has 0 aliphatic carbocycles. The molecule has 0 heterocycles. The lowest BCUT2D eigenvalue weighted by Crippen LogP contribution is -2.17. The molecule has 156 valence electrons. The van der Waals surface area contributed by atoms with E-state index in [0.29, 0.717) is 30.1 Å². The number of rotatable bonds is 9. The van der Waals surface area contributed by atoms with Crippen LogP contribution >= 0.6 is 0 Å². The largest absolute Gasteiger partial charge is 0.494 e. The first-order valence-electron chi connectivity index (χ1n) is 9.96. The van der Waals surface area contributed by atoms with Crippen molar-refractivity contribution < 1.29 is 14.3 Å². The molecule has 0 aliphatic heterocycles. The van der Waals surface area contributed by atoms with Crippen LogP contribution in [0.5, 0.6) is 11.5 Å². The molecule has 3 aromatic rings. The molecule has 6 nitrogen and oxygen atoms in total. The molecule has 1 amide bonds. The predicted octanol–water partition coefficient (Wildman–Crippen LogP) is 4.69. The van der Waals surface area contributed by atoms with Crippen molar-refractivity contribution in [3.8, 4) is 17.6 Å². The first-order chi connectivity index (χ1) is 15.2. The highest BCUT2D eigenvalue weighted by atomic mass is 16.5. The second kappa shape index (κ2) is 11.2. The summed E-state index contributed by atoms with van der Waals surface area (Å²) >= 11 is 0. The number of carbonyl (C=O) groups excluding carboxylic acids is 1. The van der Waals surface area contributed by atoms with Crippen LogP contribution in [0.2, 0.25) is 0 Å². The Morgan fingerprint density at radius 2 is 1.84 bits per heavy atom. The molecule has 6 heteroatoms. The van der Waals surface area contributed by atoms with Gasteiger partial charge in [-0.2, -0.15) is 10.4 Å². The number of hydrogen-bond acceptors (Lipinski definition) is 5. The zero-order valence-electron chi connectivity index (χ0n) is 17.2. The average molecular weight is 413 g/mol. The molecule has 0 unspecified atom stereocenters. The van der Waals surface area contributed by atoms with Crippen molar-refractivity contribution in [3.05, 3.63) is 95.1 Å². The van der Waals surface area contributed by atoms with Gasteiger partial charge in [-0.3, -0.25) is 4.79 Å². The van der Waals surface area contributed by atoms with E-state index in [0.717, 1.165) is 23.3 Å². The summed E-state index contributed by atoms with van der Waals surface area (Å²) in [5.41, 5.74) is 5.31. The van der Waals surface area contributed by atoms with Gasteiger partial charge in [0.15, 0.2) is 0 Å². The van der Waals surface area contributed by atoms with E-state index in [4.69, 9.17) is 14.7 Å². The summed E-state index contributed by atoms with van der Waals surface area (Å²) in [6, 6.07) is 23.7. The topological polar surface area (TPSA) is 83.7 Å². The van der Waals surface area contributed by atoms with Crippen LogP contribution in [0.4, 0.5) is 0 Å². The van der Waals surface area contributed by atoms with Crippen molar-refractivity contribution in [2.24, 2.45) is 5.10 Å². The Morgan fingerprint density at radius 3 is 2.61 bits per heavy atom. The smallest absolute Gasteiger partial charge is 0.271 e. The highest BCUT2D eigenvalue weighted by Gasteiger charge is 2.04. The van der Waals surface area contributed by atoms with E-state index >= 15 is 0 Å². The number of carbonyl (C=O) groups is 1. The molecule has 31 heavy (non-hydrogen) atoms. The monoisotopic (exact) mass is 413 g/mol. The molecule has 0 bridgehead atoms. The van der Waals surface area contributed by atoms with Crippen molar-refractivity contribution in [1.82, 2.24) is 5.43 Å². The number of hydrazone groups is 1. The van der Waals surface area contributed by atoms with Gasteiger partial charge in [0.1, 0.15) is 18.1 Å². The minimum absolute atomic E-state index is 0.303. The van der Waals surface area contributed by atoms with E-state index < -0.39 is 0 Å². The Kier molecular flexibility index (Phi) is 7.78. The van der Waals surface area contributed by atoms with Crippen LogP contribution < -0.4 is 14.9 Å². The Labute approximate surface area is 181 Å². The molecule has 0 radical (unpaired) electrons. The molecule has 0 fully saturated rings. The summed E-state index contributed by atoms with van der Waals surface area (Å²) in [6.07, 6.45) is 2.48. The van der Waals surface area contributed by atoms with Gasteiger partial charge >= 0.3 is 0 Å². The zero-order valence-corrected chi connectivity index (χ0v) is 17.2. The molecule has 0 aromatic heterocycles. The molecule has 3 rings (SSSR count). The van der Waals surface area contributed by atoms with Crippen molar-refractivity contribution >= 4 is 12.1 Å². The second-order valence-corrected chi connectivity index (χ2v) is 6.75. The van der Waals surface area contributed by atoms with Crippen LogP contribution in [0.3, 0.4) is 0 Å². The number of benzene rings is 3. The zero-order chi connectivity index (χ0) is 21.9. The van der Waals surface area contributed by atoms with E-state index in [1.165, 1.54) is 0 Å². The summed E-state index contributed by atoms with van der Waals surface area (Å²) < 4.78 is 11.3. The maximum atomic E-state index is 12.2. The first kappa shape index (κ1) is 21.6. The quantitative estimate of drug-likeness (QED) is 0.407. The lowest BCUT2D eigenvalue weighted by Gasteiger charge is -2.07. The summed E-state index contributed by atoms with van der Waals surface area (Å²) in [7, 11) is 0. The van der Waals surface area contributed by atoms with E-state index in [1.807, 2.05) is 43.3 Å². The van der Waals surface area contributed by atoms with Crippen LogP contribution in [0.25, 0.3) is 0 Å². The molecule has 0 saturated heterocycles. The van der Waals surface area contributed by atoms with E-state index in [-0.39, 0.29) is 5.91 Å². The van der Waals surface area contributed by atoms with E-state index in [2.05, 4.69) is 16.6 Å². The van der Waals surface area contributed by atoms with Crippen LogP contribution in [0, 0.1) is 11.3 Å². The predicted molar refractivity (Wildman–Crippen MR) is 119 cm³/mol. The standard InChI is InChI=1S/C25H23N3O3/c1-2-13-30-23-11-9-22(10-12-23)25(29)28-27-17-20-6-4-8-24(15-20)31-18-21-7-3-5-19(14-21)16-26/h3-12,14-15,17H,2,13,18H2,1H3,(H,28,29)/b27-17-. The van der Waals surface area contributed by atoms with Gasteiger partial charge in [0.2, 0.25) is 0 Å². The highest BCUT2D eigenvalue weighted by Crippen LogP contribution is 2.15. The fourth-order valence-corrected chi connectivity index (χ4v) is 2.73. The van der Waals surface area contributed by atoms with Crippen molar-refractivity contribution in [2.75, 3.05) is 6.61 Å². The summed E-state index contributed by atoms with van der Waals surface area (Å²) in [5.74, 6) is 1.10. The first-order valence-corrected chi connectivity index (χ1v) is 9.96. The minimum atomic E-state index is -0.303. The SMILES string of the molecule is CCCOc1ccc(C(=O)N/N=C\c2cccc(OCc3cccc(C#N)c3)c2)cc1. The number of nitrogens with one attached hydrogen (secondary N) is 1. The Bertz CT molecular complexity index is 1090. The van der Waals surface area contributed by atoms with Crippen molar-refractivity contribution in [3.63, 3.8) is 0 Å². The van der Waals surface area contributed by atoms with Crippen LogP contribution in [0.15, 0.2) is 77.9 Å². The fourth-order valence-electron chi connectivity index (χ4n) is 2.73. The molecule has 0 aliphatic rings. The maximum Gasteiger partial charge on any atom is 0.271 e. The number of hydrogen-bond donors (Lipinski definition) is 1. The van der Waals surface area contributed by atoms with Gasteiger partial charge in [0.05, 0.1) is 24.5 Å². The van der Waals surface area contributed by atoms with Crippen molar-refractivity contribution in [2.45, 2.75) is 20.0 Å². The Morgan fingerprint density at radius 1 is 1.03 bits per heavy atom. The van der Waals surface area contributed by atoms with Crippen molar-refractivity contribution in [1.29, 1.82) is 5.26 Å². The molecule has 1 N–H and O–H groups in total. The Balaban J connectivity index is 1.54. The number of nitrogens with zero attached hydrogens (tertiary/aromatic N) is 2. The van der Waals surface area contributed by atoms with E-state index in [9.17, 15) is 4.79 Å². The summed E-state index contributed by atoms with van der Waals surface area (Å²) in [6.45, 7) is 3.03. The van der Waals surface area contributed by atoms with Crippen LogP contribution in [-0.4, -0.2) is 18.7 Å². The van der Waals surface area contributed by atoms with E-state index in [1.54, 1.807) is 42.6 Å². The highest BCUT2D eigenvalue weighted by molar-refractivity contribution is 5.95. The average Bonchev–Trinajstić information content (AvgIpc) is 2.82. The normalized spacial score (nSPS) is 10.5. The van der Waals surface area contributed by atoms with Gasteiger partial charge in [-0.05, 0) is 66.1 Å². The lowest BCUT2D eigenvalue weighted by atomic mass is 10.1. The minimum Gasteiger partial charge on any atom is -0.494 e. The summed E-state index contributed by atoms with van der Waals surface area (Å²) in [5, 5.41) is 13.0. The molecular weight excluding hydrogens is 390 g/mol. The molecular formula is C25H23N3O3. The van der Waals surface area contributed by atoms with Gasteiger partial charge < -0.3 is 9.47 Å². The second-order valence-electron chi connectivity index (χ2n) is 6.75. The molecule has 0 spiro atoms. The third-order valence-electron chi connectivity index (χ3n) is 4.29. The van der Waals surface area contributed by atoms with Gasteiger partial charge in [-0.1, -0.05) is 31.2 Å². The van der Waals surface area contributed by atoms with Gasteiger partial charge in [-0.15, -0.1) is 0 Å². The number of ether oxygens (including phenoxy) is 2. The van der Waals surface area contributed by atoms with Gasteiger partial charge in [-0.25, -0.2) is 5.43 Å². The Hall–Kier alpha value is -4.11. The molecule has 3 aromatic carbocycles. The van der Waals surface area contributed by atoms with Crippen LogP contribution in [0.1, 0.15) is 40.4 Å². The third kappa shape index (κ3) is 6.72. The fraction of sp³-hybridized carbons (Fsp3) is 0.160. The lowest BCUT2D eigenvalue weighted by molar-refractivity contribution is 0.0955. The van der Waals surface area contributed by atoms with Crippen LogP contribution in [-0.2, 0) is 6.61 Å². The number of nitriles is 1. The van der Waals surface area contributed by atoms with Gasteiger partial charge in [0.25, 0.3) is 5.91 Å². The third-order valence-corrected chi connectivity index (χ3v) is 4.29. The summed E-state index contributed by atoms with van der Waals surface area (Å²) in [4.78, 5) is 12.2. The maximum absolute atomic E-state index is 12.2.